The van der Waals surface area contributed by atoms with Crippen molar-refractivity contribution in [3.05, 3.63) is 35.1 Å². The second-order valence-electron chi connectivity index (χ2n) is 4.31. The molecule has 0 aliphatic rings. The van der Waals surface area contributed by atoms with Gasteiger partial charge in [-0.25, -0.2) is 4.39 Å². The van der Waals surface area contributed by atoms with Crippen LogP contribution in [0.15, 0.2) is 18.2 Å². The smallest absolute Gasteiger partial charge is 0.417 e. The number of alkyl halides is 3. The van der Waals surface area contributed by atoms with Crippen molar-refractivity contribution in [2.75, 3.05) is 13.1 Å². The van der Waals surface area contributed by atoms with Crippen molar-refractivity contribution in [1.82, 2.24) is 4.90 Å². The lowest BCUT2D eigenvalue weighted by molar-refractivity contribution is -0.138. The summed E-state index contributed by atoms with van der Waals surface area (Å²) in [6, 6.07) is 1.66. The molecule has 21 heavy (non-hydrogen) atoms. The largest absolute Gasteiger partial charge is 0.480 e. The number of benzene rings is 1. The Hall–Kier alpha value is -2.12. The van der Waals surface area contributed by atoms with Gasteiger partial charge in [-0.1, -0.05) is 6.92 Å². The Kier molecular flexibility index (Phi) is 5.28. The second-order valence-corrected chi connectivity index (χ2v) is 4.31. The number of carboxylic acids is 1. The maximum Gasteiger partial charge on any atom is 0.417 e. The van der Waals surface area contributed by atoms with Crippen LogP contribution in [-0.4, -0.2) is 35.0 Å². The molecule has 0 fully saturated rings. The lowest BCUT2D eigenvalue weighted by atomic mass is 10.1. The van der Waals surface area contributed by atoms with Gasteiger partial charge in [0.15, 0.2) is 0 Å². The van der Waals surface area contributed by atoms with Crippen LogP contribution < -0.4 is 0 Å². The van der Waals surface area contributed by atoms with E-state index >= 15 is 0 Å². The zero-order valence-corrected chi connectivity index (χ0v) is 11.1. The van der Waals surface area contributed by atoms with E-state index in [-0.39, 0.29) is 12.6 Å². The van der Waals surface area contributed by atoms with Crippen molar-refractivity contribution in [2.24, 2.45) is 0 Å². The summed E-state index contributed by atoms with van der Waals surface area (Å²) in [6.45, 7) is 0.915. The second kappa shape index (κ2) is 6.55. The summed E-state index contributed by atoms with van der Waals surface area (Å²) >= 11 is 0. The molecule has 0 saturated carbocycles. The van der Waals surface area contributed by atoms with Crippen molar-refractivity contribution >= 4 is 11.9 Å². The van der Waals surface area contributed by atoms with Crippen molar-refractivity contribution in [2.45, 2.75) is 19.5 Å². The molecular formula is C13H13F4NO3. The standard InChI is InChI=1S/C13H13F4NO3/c1-2-5-18(7-11(19)20)12(21)9-4-3-8(14)6-10(9)13(15,16)17/h3-4,6H,2,5,7H2,1H3,(H,19,20). The van der Waals surface area contributed by atoms with Crippen molar-refractivity contribution < 1.29 is 32.3 Å². The monoisotopic (exact) mass is 307 g/mol. The van der Waals surface area contributed by atoms with Crippen LogP contribution in [0.5, 0.6) is 0 Å². The zero-order valence-electron chi connectivity index (χ0n) is 11.1. The molecule has 0 unspecified atom stereocenters. The summed E-state index contributed by atoms with van der Waals surface area (Å²) in [6.07, 6.45) is -4.53. The Bertz CT molecular complexity index is 543. The summed E-state index contributed by atoms with van der Waals surface area (Å²) in [7, 11) is 0. The number of hydrogen-bond donors (Lipinski definition) is 1. The molecule has 1 amide bonds. The number of carbonyl (C=O) groups excluding carboxylic acids is 1. The van der Waals surface area contributed by atoms with Gasteiger partial charge in [-0.3, -0.25) is 9.59 Å². The zero-order chi connectivity index (χ0) is 16.2. The summed E-state index contributed by atoms with van der Waals surface area (Å²) in [4.78, 5) is 23.6. The molecular weight excluding hydrogens is 294 g/mol. The third kappa shape index (κ3) is 4.44. The Balaban J connectivity index is 3.24. The van der Waals surface area contributed by atoms with E-state index in [0.717, 1.165) is 11.0 Å². The average Bonchev–Trinajstić information content (AvgIpc) is 2.36. The lowest BCUT2D eigenvalue weighted by Gasteiger charge is -2.22. The van der Waals surface area contributed by atoms with E-state index in [2.05, 4.69) is 0 Å². The quantitative estimate of drug-likeness (QED) is 0.851. The van der Waals surface area contributed by atoms with Crippen LogP contribution in [0.1, 0.15) is 29.3 Å². The van der Waals surface area contributed by atoms with E-state index in [9.17, 15) is 27.2 Å². The fourth-order valence-corrected chi connectivity index (χ4v) is 1.79. The van der Waals surface area contributed by atoms with Gasteiger partial charge < -0.3 is 10.0 Å². The lowest BCUT2D eigenvalue weighted by Crippen LogP contribution is -2.37. The van der Waals surface area contributed by atoms with E-state index < -0.39 is 41.5 Å². The maximum absolute atomic E-state index is 13.0. The van der Waals surface area contributed by atoms with Gasteiger partial charge in [0.2, 0.25) is 0 Å². The Morgan fingerprint density at radius 1 is 1.29 bits per heavy atom. The first-order valence-electron chi connectivity index (χ1n) is 6.04. The fraction of sp³-hybridized carbons (Fsp3) is 0.385. The van der Waals surface area contributed by atoms with Gasteiger partial charge in [0.1, 0.15) is 12.4 Å². The molecule has 0 radical (unpaired) electrons. The van der Waals surface area contributed by atoms with Gasteiger partial charge >= 0.3 is 12.1 Å². The van der Waals surface area contributed by atoms with E-state index in [1.807, 2.05) is 0 Å². The van der Waals surface area contributed by atoms with Crippen LogP contribution in [0.3, 0.4) is 0 Å². The number of carboxylic acid groups (broad SMARTS) is 1. The van der Waals surface area contributed by atoms with Gasteiger partial charge in [0, 0.05) is 6.54 Å². The molecule has 1 aromatic carbocycles. The van der Waals surface area contributed by atoms with Crippen molar-refractivity contribution in [3.63, 3.8) is 0 Å². The van der Waals surface area contributed by atoms with Gasteiger partial charge in [-0.05, 0) is 24.6 Å². The highest BCUT2D eigenvalue weighted by Crippen LogP contribution is 2.33. The summed E-state index contributed by atoms with van der Waals surface area (Å²) in [5.74, 6) is -3.56. The van der Waals surface area contributed by atoms with Crippen LogP contribution in [0.2, 0.25) is 0 Å². The van der Waals surface area contributed by atoms with Crippen LogP contribution in [-0.2, 0) is 11.0 Å². The number of amides is 1. The van der Waals surface area contributed by atoms with Crippen LogP contribution in [0.25, 0.3) is 0 Å². The van der Waals surface area contributed by atoms with E-state index in [0.29, 0.717) is 12.5 Å². The van der Waals surface area contributed by atoms with Gasteiger partial charge in [-0.15, -0.1) is 0 Å². The molecule has 8 heteroatoms. The minimum atomic E-state index is -4.91. The fourth-order valence-electron chi connectivity index (χ4n) is 1.79. The summed E-state index contributed by atoms with van der Waals surface area (Å²) < 4.78 is 51.5. The highest BCUT2D eigenvalue weighted by molar-refractivity contribution is 5.97. The molecule has 116 valence electrons. The predicted molar refractivity (Wildman–Crippen MR) is 65.2 cm³/mol. The third-order valence-electron chi connectivity index (χ3n) is 2.62. The number of nitrogens with zero attached hydrogens (tertiary/aromatic N) is 1. The molecule has 0 spiro atoms. The SMILES string of the molecule is CCCN(CC(=O)O)C(=O)c1ccc(F)cc1C(F)(F)F. The van der Waals surface area contributed by atoms with E-state index in [4.69, 9.17) is 5.11 Å². The normalized spacial score (nSPS) is 11.3. The first-order chi connectivity index (χ1) is 9.66. The Morgan fingerprint density at radius 3 is 2.38 bits per heavy atom. The number of rotatable bonds is 5. The van der Waals surface area contributed by atoms with E-state index in [1.54, 1.807) is 6.92 Å². The third-order valence-corrected chi connectivity index (χ3v) is 2.62. The topological polar surface area (TPSA) is 57.6 Å². The van der Waals surface area contributed by atoms with Gasteiger partial charge in [0.25, 0.3) is 5.91 Å². The molecule has 1 aromatic rings. The Morgan fingerprint density at radius 2 is 1.90 bits per heavy atom. The number of carbonyl (C=O) groups is 2. The predicted octanol–water partition coefficient (Wildman–Crippen LogP) is 2.78. The molecule has 1 rings (SSSR count). The van der Waals surface area contributed by atoms with Crippen molar-refractivity contribution in [1.29, 1.82) is 0 Å². The number of hydrogen-bond acceptors (Lipinski definition) is 2. The number of halogens is 4. The average molecular weight is 307 g/mol. The summed E-state index contributed by atoms with van der Waals surface area (Å²) in [5.41, 5.74) is -2.18. The van der Waals surface area contributed by atoms with Gasteiger partial charge in [0.05, 0.1) is 11.1 Å². The first-order valence-corrected chi connectivity index (χ1v) is 6.04. The minimum absolute atomic E-state index is 0.0141. The molecule has 0 heterocycles. The summed E-state index contributed by atoms with van der Waals surface area (Å²) in [5, 5.41) is 8.70. The van der Waals surface area contributed by atoms with E-state index in [1.165, 1.54) is 0 Å². The Labute approximate surface area is 118 Å². The van der Waals surface area contributed by atoms with Crippen molar-refractivity contribution in [3.8, 4) is 0 Å². The van der Waals surface area contributed by atoms with Crippen LogP contribution in [0.4, 0.5) is 17.6 Å². The molecule has 1 N–H and O–H groups in total. The molecule has 4 nitrogen and oxygen atoms in total. The first kappa shape index (κ1) is 16.9. The maximum atomic E-state index is 13.0. The molecule has 0 atom stereocenters. The van der Waals surface area contributed by atoms with Crippen LogP contribution >= 0.6 is 0 Å². The molecule has 0 bridgehead atoms. The van der Waals surface area contributed by atoms with Crippen LogP contribution in [0, 0.1) is 5.82 Å². The van der Waals surface area contributed by atoms with Gasteiger partial charge in [-0.2, -0.15) is 13.2 Å². The molecule has 0 aliphatic heterocycles. The minimum Gasteiger partial charge on any atom is -0.480 e. The highest BCUT2D eigenvalue weighted by atomic mass is 19.4. The number of aliphatic carboxylic acids is 1. The highest BCUT2D eigenvalue weighted by Gasteiger charge is 2.36. The molecule has 0 aromatic heterocycles. The molecule has 0 saturated heterocycles. The molecule has 0 aliphatic carbocycles.